The summed E-state index contributed by atoms with van der Waals surface area (Å²) in [5.74, 6) is -0.455. The van der Waals surface area contributed by atoms with Crippen LogP contribution in [0.1, 0.15) is 63.2 Å². The number of pyridine rings is 1. The van der Waals surface area contributed by atoms with Crippen LogP contribution in [-0.2, 0) is 4.79 Å². The molecule has 1 aromatic rings. The topological polar surface area (TPSA) is 106 Å². The minimum atomic E-state index is -0.604. The summed E-state index contributed by atoms with van der Waals surface area (Å²) >= 11 is 0. The van der Waals surface area contributed by atoms with Gasteiger partial charge in [-0.2, -0.15) is 5.26 Å². The summed E-state index contributed by atoms with van der Waals surface area (Å²) in [4.78, 5) is 31.2. The Morgan fingerprint density at radius 3 is 2.66 bits per heavy atom. The van der Waals surface area contributed by atoms with E-state index in [0.29, 0.717) is 18.5 Å². The molecule has 2 fully saturated rings. The number of amides is 2. The number of rotatable bonds is 6. The highest BCUT2D eigenvalue weighted by Crippen LogP contribution is 2.55. The van der Waals surface area contributed by atoms with E-state index in [1.807, 2.05) is 6.92 Å². The summed E-state index contributed by atoms with van der Waals surface area (Å²) in [7, 11) is 1.73. The molecule has 32 heavy (non-hydrogen) atoms. The van der Waals surface area contributed by atoms with E-state index >= 15 is 0 Å². The highest BCUT2D eigenvalue weighted by Gasteiger charge is 2.54. The van der Waals surface area contributed by atoms with E-state index in [1.165, 1.54) is 0 Å². The normalized spacial score (nSPS) is 32.8. The zero-order valence-electron chi connectivity index (χ0n) is 19.6. The van der Waals surface area contributed by atoms with Crippen molar-refractivity contribution >= 4 is 11.8 Å². The van der Waals surface area contributed by atoms with E-state index < -0.39 is 6.10 Å². The van der Waals surface area contributed by atoms with Gasteiger partial charge in [0, 0.05) is 43.5 Å². The Labute approximate surface area is 191 Å². The van der Waals surface area contributed by atoms with Crippen LogP contribution in [0.3, 0.4) is 0 Å². The molecule has 2 aliphatic rings. The molecule has 7 heteroatoms. The van der Waals surface area contributed by atoms with Crippen molar-refractivity contribution in [3.05, 3.63) is 30.1 Å². The summed E-state index contributed by atoms with van der Waals surface area (Å²) in [6, 6.07) is 5.46. The molecule has 0 aliphatic heterocycles. The SMILES string of the molecule is C[C@@H]1[C@@H]2[C@@H](O)[C@H]([C@H](C)C(=O)N(C)CCC#N)CC[C@]2(C)CC[C@@H]1NC(=O)c1ccncc1. The fourth-order valence-corrected chi connectivity index (χ4v) is 6.11. The number of aliphatic hydroxyl groups is 1. The van der Waals surface area contributed by atoms with Crippen LogP contribution in [0.2, 0.25) is 0 Å². The van der Waals surface area contributed by atoms with Crippen molar-refractivity contribution in [2.75, 3.05) is 13.6 Å². The van der Waals surface area contributed by atoms with Gasteiger partial charge in [-0.1, -0.05) is 20.8 Å². The van der Waals surface area contributed by atoms with Gasteiger partial charge in [0.1, 0.15) is 0 Å². The maximum absolute atomic E-state index is 12.9. The molecular weight excluding hydrogens is 404 g/mol. The first-order valence-corrected chi connectivity index (χ1v) is 11.7. The molecule has 0 unspecified atom stereocenters. The number of hydrogen-bond donors (Lipinski definition) is 2. The van der Waals surface area contributed by atoms with Gasteiger partial charge in [-0.3, -0.25) is 14.6 Å². The summed E-state index contributed by atoms with van der Waals surface area (Å²) in [5, 5.41) is 23.5. The Morgan fingerprint density at radius 1 is 1.34 bits per heavy atom. The van der Waals surface area contributed by atoms with Crippen molar-refractivity contribution in [3.8, 4) is 6.07 Å². The van der Waals surface area contributed by atoms with Crippen LogP contribution in [-0.4, -0.2) is 52.5 Å². The Hall–Kier alpha value is -2.46. The number of carbonyl (C=O) groups excluding carboxylic acids is 2. The van der Waals surface area contributed by atoms with Crippen LogP contribution in [0.15, 0.2) is 24.5 Å². The van der Waals surface area contributed by atoms with Gasteiger partial charge >= 0.3 is 0 Å². The Balaban J connectivity index is 1.73. The minimum Gasteiger partial charge on any atom is -0.392 e. The summed E-state index contributed by atoms with van der Waals surface area (Å²) in [6.45, 7) is 6.68. The van der Waals surface area contributed by atoms with Crippen molar-refractivity contribution in [3.63, 3.8) is 0 Å². The second-order valence-electron chi connectivity index (χ2n) is 10.0. The molecule has 0 spiro atoms. The first-order chi connectivity index (χ1) is 15.2. The Morgan fingerprint density at radius 2 is 2.00 bits per heavy atom. The molecule has 2 saturated carbocycles. The number of fused-ring (bicyclic) bond motifs is 1. The Bertz CT molecular complexity index is 854. The van der Waals surface area contributed by atoms with Crippen LogP contribution >= 0.6 is 0 Å². The van der Waals surface area contributed by atoms with Crippen LogP contribution in [0.25, 0.3) is 0 Å². The zero-order valence-corrected chi connectivity index (χ0v) is 19.6. The lowest BCUT2D eigenvalue weighted by Crippen LogP contribution is -2.58. The highest BCUT2D eigenvalue weighted by molar-refractivity contribution is 5.94. The number of nitriles is 1. The monoisotopic (exact) mass is 440 g/mol. The predicted molar refractivity (Wildman–Crippen MR) is 121 cm³/mol. The van der Waals surface area contributed by atoms with E-state index in [4.69, 9.17) is 5.26 Å². The molecule has 0 radical (unpaired) electrons. The Kier molecular flexibility index (Phi) is 7.55. The minimum absolute atomic E-state index is 0.00268. The lowest BCUT2D eigenvalue weighted by molar-refractivity contribution is -0.149. The fraction of sp³-hybridized carbons (Fsp3) is 0.680. The standard InChI is InChI=1S/C25H36N4O3/c1-16(24(32)29(4)15-5-12-26)19-6-10-25(3)11-7-20(17(2)21(25)22(19)30)28-23(31)18-8-13-27-14-9-18/h8-9,13-14,16-17,19-22,30H,5-7,10-11,15H2,1-4H3,(H,28,31)/t16-,17-,19-,20-,21+,22-,25+/m0/s1. The van der Waals surface area contributed by atoms with Gasteiger partial charge in [-0.05, 0) is 61.0 Å². The first-order valence-electron chi connectivity index (χ1n) is 11.7. The molecule has 2 amide bonds. The van der Waals surface area contributed by atoms with Gasteiger partial charge in [-0.15, -0.1) is 0 Å². The molecule has 7 nitrogen and oxygen atoms in total. The van der Waals surface area contributed by atoms with Gasteiger partial charge in [0.05, 0.1) is 18.6 Å². The number of nitrogens with zero attached hydrogens (tertiary/aromatic N) is 3. The third-order valence-corrected chi connectivity index (χ3v) is 8.11. The third-order valence-electron chi connectivity index (χ3n) is 8.11. The van der Waals surface area contributed by atoms with E-state index in [-0.39, 0.29) is 46.9 Å². The van der Waals surface area contributed by atoms with Crippen molar-refractivity contribution in [2.45, 2.75) is 65.0 Å². The molecule has 7 atom stereocenters. The van der Waals surface area contributed by atoms with Crippen molar-refractivity contribution in [1.29, 1.82) is 5.26 Å². The average molecular weight is 441 g/mol. The summed E-state index contributed by atoms with van der Waals surface area (Å²) in [5.41, 5.74) is 0.588. The summed E-state index contributed by atoms with van der Waals surface area (Å²) < 4.78 is 0. The lowest BCUT2D eigenvalue weighted by atomic mass is 9.51. The van der Waals surface area contributed by atoms with E-state index in [2.05, 4.69) is 30.2 Å². The number of hydrogen-bond acceptors (Lipinski definition) is 5. The first kappa shape index (κ1) is 24.2. The fourth-order valence-electron chi connectivity index (χ4n) is 6.11. The van der Waals surface area contributed by atoms with Crippen LogP contribution in [0.5, 0.6) is 0 Å². The largest absolute Gasteiger partial charge is 0.392 e. The third kappa shape index (κ3) is 4.80. The van der Waals surface area contributed by atoms with Crippen molar-refractivity contribution in [2.24, 2.45) is 29.1 Å². The molecule has 174 valence electrons. The molecule has 0 saturated heterocycles. The molecule has 3 rings (SSSR count). The molecular formula is C25H36N4O3. The lowest BCUT2D eigenvalue weighted by Gasteiger charge is -2.56. The predicted octanol–water partition coefficient (Wildman–Crippen LogP) is 3.01. The van der Waals surface area contributed by atoms with Crippen molar-refractivity contribution < 1.29 is 14.7 Å². The van der Waals surface area contributed by atoms with Gasteiger partial charge < -0.3 is 15.3 Å². The second-order valence-corrected chi connectivity index (χ2v) is 10.0. The summed E-state index contributed by atoms with van der Waals surface area (Å²) in [6.07, 6.45) is 6.52. The number of aromatic nitrogens is 1. The van der Waals surface area contributed by atoms with Gasteiger partial charge in [0.15, 0.2) is 0 Å². The number of carbonyl (C=O) groups is 2. The van der Waals surface area contributed by atoms with Crippen molar-refractivity contribution in [1.82, 2.24) is 15.2 Å². The van der Waals surface area contributed by atoms with Gasteiger partial charge in [0.2, 0.25) is 5.91 Å². The number of aliphatic hydroxyl groups excluding tert-OH is 1. The van der Waals surface area contributed by atoms with Crippen LogP contribution in [0.4, 0.5) is 0 Å². The zero-order chi connectivity index (χ0) is 23.5. The quantitative estimate of drug-likeness (QED) is 0.707. The molecule has 0 bridgehead atoms. The maximum atomic E-state index is 12.9. The molecule has 0 aromatic carbocycles. The van der Waals surface area contributed by atoms with E-state index in [1.54, 1.807) is 36.5 Å². The molecule has 2 aliphatic carbocycles. The maximum Gasteiger partial charge on any atom is 0.251 e. The van der Waals surface area contributed by atoms with Crippen LogP contribution < -0.4 is 5.32 Å². The average Bonchev–Trinajstić information content (AvgIpc) is 2.79. The molecule has 1 aromatic heterocycles. The molecule has 1 heterocycles. The van der Waals surface area contributed by atoms with E-state index in [9.17, 15) is 14.7 Å². The second kappa shape index (κ2) is 9.99. The van der Waals surface area contributed by atoms with E-state index in [0.717, 1.165) is 25.7 Å². The number of nitrogens with one attached hydrogen (secondary N) is 1. The molecule has 2 N–H and O–H groups in total. The highest BCUT2D eigenvalue weighted by atomic mass is 16.3. The van der Waals surface area contributed by atoms with Gasteiger partial charge in [0.25, 0.3) is 5.91 Å². The smallest absolute Gasteiger partial charge is 0.251 e. The van der Waals surface area contributed by atoms with Crippen LogP contribution in [0, 0.1) is 40.4 Å². The van der Waals surface area contributed by atoms with Gasteiger partial charge in [-0.25, -0.2) is 0 Å².